The molecule has 0 amide bonds. The van der Waals surface area contributed by atoms with E-state index in [1.54, 1.807) is 0 Å². The predicted octanol–water partition coefficient (Wildman–Crippen LogP) is 2.77. The van der Waals surface area contributed by atoms with Gasteiger partial charge in [-0.05, 0) is 25.0 Å². The van der Waals surface area contributed by atoms with Gasteiger partial charge in [0.2, 0.25) is 0 Å². The van der Waals surface area contributed by atoms with Crippen molar-refractivity contribution in [3.05, 3.63) is 30.1 Å². The standard InChI is InChI=1S/C14H19N3O/c1-4-11(5-2)16(3)14-12(10-18)17-9-7-6-8-13(17)15-14/h6-11H,4-5H2,1-3H3. The Morgan fingerprint density at radius 3 is 2.72 bits per heavy atom. The minimum atomic E-state index is 0.411. The van der Waals surface area contributed by atoms with E-state index in [1.165, 1.54) is 0 Å². The lowest BCUT2D eigenvalue weighted by Gasteiger charge is -2.26. The van der Waals surface area contributed by atoms with Gasteiger partial charge in [0, 0.05) is 19.3 Å². The van der Waals surface area contributed by atoms with Gasteiger partial charge in [-0.15, -0.1) is 0 Å². The van der Waals surface area contributed by atoms with Crippen LogP contribution in [0.4, 0.5) is 5.82 Å². The highest BCUT2D eigenvalue weighted by molar-refractivity contribution is 5.83. The lowest BCUT2D eigenvalue weighted by molar-refractivity contribution is 0.111. The lowest BCUT2D eigenvalue weighted by Crippen LogP contribution is -2.31. The molecule has 0 radical (unpaired) electrons. The number of carbonyl (C=O) groups is 1. The van der Waals surface area contributed by atoms with Gasteiger partial charge >= 0.3 is 0 Å². The third-order valence-corrected chi connectivity index (χ3v) is 3.48. The van der Waals surface area contributed by atoms with Gasteiger partial charge in [-0.25, -0.2) is 4.98 Å². The van der Waals surface area contributed by atoms with E-state index in [1.807, 2.05) is 35.8 Å². The number of fused-ring (bicyclic) bond motifs is 1. The van der Waals surface area contributed by atoms with Gasteiger partial charge in [0.15, 0.2) is 12.1 Å². The molecule has 4 nitrogen and oxygen atoms in total. The van der Waals surface area contributed by atoms with E-state index in [4.69, 9.17) is 0 Å². The number of aldehydes is 1. The van der Waals surface area contributed by atoms with Gasteiger partial charge in [0.25, 0.3) is 0 Å². The fourth-order valence-corrected chi connectivity index (χ4v) is 2.38. The summed E-state index contributed by atoms with van der Waals surface area (Å²) in [6.45, 7) is 4.31. The van der Waals surface area contributed by atoms with Crippen molar-refractivity contribution in [1.82, 2.24) is 9.38 Å². The number of nitrogens with zero attached hydrogens (tertiary/aromatic N) is 3. The number of pyridine rings is 1. The van der Waals surface area contributed by atoms with E-state index >= 15 is 0 Å². The zero-order chi connectivity index (χ0) is 13.1. The number of carbonyl (C=O) groups excluding carboxylic acids is 1. The Bertz CT molecular complexity index is 543. The number of hydrogen-bond acceptors (Lipinski definition) is 3. The average Bonchev–Trinajstić information content (AvgIpc) is 2.78. The summed E-state index contributed by atoms with van der Waals surface area (Å²) in [5.74, 6) is 0.768. The molecule has 96 valence electrons. The molecule has 2 heterocycles. The summed E-state index contributed by atoms with van der Waals surface area (Å²) >= 11 is 0. The third-order valence-electron chi connectivity index (χ3n) is 3.48. The van der Waals surface area contributed by atoms with E-state index in [0.717, 1.165) is 30.6 Å². The minimum Gasteiger partial charge on any atom is -0.355 e. The summed E-state index contributed by atoms with van der Waals surface area (Å²) in [7, 11) is 2.01. The molecule has 0 atom stereocenters. The Balaban J connectivity index is 2.53. The van der Waals surface area contributed by atoms with Gasteiger partial charge in [-0.1, -0.05) is 19.9 Å². The second-order valence-electron chi connectivity index (χ2n) is 4.45. The van der Waals surface area contributed by atoms with Crippen LogP contribution in [0.15, 0.2) is 24.4 Å². The fraction of sp³-hybridized carbons (Fsp3) is 0.429. The Morgan fingerprint density at radius 1 is 1.39 bits per heavy atom. The molecular formula is C14H19N3O. The SMILES string of the molecule is CCC(CC)N(C)c1nc2ccccn2c1C=O. The number of rotatable bonds is 5. The van der Waals surface area contributed by atoms with Gasteiger partial charge in [-0.3, -0.25) is 9.20 Å². The number of imidazole rings is 1. The Morgan fingerprint density at radius 2 is 2.11 bits per heavy atom. The van der Waals surface area contributed by atoms with E-state index in [9.17, 15) is 4.79 Å². The quantitative estimate of drug-likeness (QED) is 0.760. The maximum absolute atomic E-state index is 11.3. The molecule has 0 saturated carbocycles. The summed E-state index contributed by atoms with van der Waals surface area (Å²) in [6, 6.07) is 6.16. The Labute approximate surface area is 107 Å². The number of anilines is 1. The molecule has 2 aromatic rings. The number of hydrogen-bond donors (Lipinski definition) is 0. The maximum Gasteiger partial charge on any atom is 0.170 e. The first kappa shape index (κ1) is 12.6. The zero-order valence-electron chi connectivity index (χ0n) is 11.1. The maximum atomic E-state index is 11.3. The molecule has 0 bridgehead atoms. The van der Waals surface area contributed by atoms with Gasteiger partial charge < -0.3 is 4.90 Å². The topological polar surface area (TPSA) is 37.6 Å². The molecule has 0 aliphatic carbocycles. The first-order chi connectivity index (χ1) is 8.72. The molecule has 2 aromatic heterocycles. The normalized spacial score (nSPS) is 11.1. The van der Waals surface area contributed by atoms with Crippen LogP contribution >= 0.6 is 0 Å². The smallest absolute Gasteiger partial charge is 0.170 e. The van der Waals surface area contributed by atoms with Crippen LogP contribution < -0.4 is 4.90 Å². The van der Waals surface area contributed by atoms with Crippen molar-refractivity contribution in [3.63, 3.8) is 0 Å². The monoisotopic (exact) mass is 245 g/mol. The summed E-state index contributed by atoms with van der Waals surface area (Å²) in [6.07, 6.45) is 4.84. The summed E-state index contributed by atoms with van der Waals surface area (Å²) in [4.78, 5) is 18.0. The number of aromatic nitrogens is 2. The van der Waals surface area contributed by atoms with Crippen LogP contribution in [0, 0.1) is 0 Å². The van der Waals surface area contributed by atoms with Crippen molar-refractivity contribution in [2.45, 2.75) is 32.7 Å². The van der Waals surface area contributed by atoms with Crippen molar-refractivity contribution in [1.29, 1.82) is 0 Å². The lowest BCUT2D eigenvalue weighted by atomic mass is 10.1. The van der Waals surface area contributed by atoms with Gasteiger partial charge in [0.05, 0.1) is 0 Å². The third kappa shape index (κ3) is 1.98. The Kier molecular flexibility index (Phi) is 3.65. The molecule has 0 aromatic carbocycles. The molecule has 4 heteroatoms. The molecule has 0 saturated heterocycles. The first-order valence-electron chi connectivity index (χ1n) is 6.38. The highest BCUT2D eigenvalue weighted by atomic mass is 16.1. The molecule has 2 rings (SSSR count). The van der Waals surface area contributed by atoms with Crippen LogP contribution in [0.1, 0.15) is 37.2 Å². The Hall–Kier alpha value is -1.84. The van der Waals surface area contributed by atoms with Crippen molar-refractivity contribution in [2.24, 2.45) is 0 Å². The van der Waals surface area contributed by atoms with Gasteiger partial charge in [-0.2, -0.15) is 0 Å². The van der Waals surface area contributed by atoms with E-state index in [2.05, 4.69) is 23.7 Å². The van der Waals surface area contributed by atoms with Crippen LogP contribution in [0.5, 0.6) is 0 Å². The largest absolute Gasteiger partial charge is 0.355 e. The molecule has 0 spiro atoms. The van der Waals surface area contributed by atoms with Crippen LogP contribution in [-0.2, 0) is 0 Å². The first-order valence-corrected chi connectivity index (χ1v) is 6.38. The average molecular weight is 245 g/mol. The van der Waals surface area contributed by atoms with Crippen molar-refractivity contribution in [2.75, 3.05) is 11.9 Å². The van der Waals surface area contributed by atoms with Crippen molar-refractivity contribution < 1.29 is 4.79 Å². The molecular weight excluding hydrogens is 226 g/mol. The second kappa shape index (κ2) is 5.21. The summed E-state index contributed by atoms with van der Waals surface area (Å²) in [5, 5.41) is 0. The summed E-state index contributed by atoms with van der Waals surface area (Å²) < 4.78 is 1.83. The van der Waals surface area contributed by atoms with Crippen LogP contribution in [0.3, 0.4) is 0 Å². The fourth-order valence-electron chi connectivity index (χ4n) is 2.38. The predicted molar refractivity (Wildman–Crippen MR) is 73.4 cm³/mol. The van der Waals surface area contributed by atoms with E-state index < -0.39 is 0 Å². The van der Waals surface area contributed by atoms with E-state index in [-0.39, 0.29) is 0 Å². The highest BCUT2D eigenvalue weighted by Crippen LogP contribution is 2.22. The van der Waals surface area contributed by atoms with Crippen LogP contribution in [0.25, 0.3) is 5.65 Å². The highest BCUT2D eigenvalue weighted by Gasteiger charge is 2.19. The van der Waals surface area contributed by atoms with E-state index in [0.29, 0.717) is 11.7 Å². The second-order valence-corrected chi connectivity index (χ2v) is 4.45. The zero-order valence-corrected chi connectivity index (χ0v) is 11.1. The van der Waals surface area contributed by atoms with Crippen LogP contribution in [0.2, 0.25) is 0 Å². The van der Waals surface area contributed by atoms with Crippen molar-refractivity contribution >= 4 is 17.8 Å². The summed E-state index contributed by atoms with van der Waals surface area (Å²) in [5.41, 5.74) is 1.44. The van der Waals surface area contributed by atoms with Gasteiger partial charge in [0.1, 0.15) is 11.3 Å². The molecule has 0 N–H and O–H groups in total. The van der Waals surface area contributed by atoms with Crippen LogP contribution in [-0.4, -0.2) is 28.8 Å². The minimum absolute atomic E-state index is 0.411. The molecule has 0 unspecified atom stereocenters. The molecule has 18 heavy (non-hydrogen) atoms. The molecule has 0 aliphatic rings. The van der Waals surface area contributed by atoms with Crippen molar-refractivity contribution in [3.8, 4) is 0 Å². The molecule has 0 aliphatic heterocycles. The molecule has 0 fully saturated rings.